The van der Waals surface area contributed by atoms with Crippen molar-refractivity contribution in [1.29, 1.82) is 0 Å². The normalized spacial score (nSPS) is 11.7. The van der Waals surface area contributed by atoms with E-state index >= 15 is 0 Å². The second-order valence-electron chi connectivity index (χ2n) is 8.36. The molecule has 0 unspecified atom stereocenters. The zero-order valence-electron chi connectivity index (χ0n) is 19.3. The first-order valence-electron chi connectivity index (χ1n) is 11.0. The van der Waals surface area contributed by atoms with Crippen LogP contribution in [0.15, 0.2) is 48.5 Å². The van der Waals surface area contributed by atoms with E-state index in [4.69, 9.17) is 9.72 Å². The second-order valence-corrected chi connectivity index (χ2v) is 8.36. The van der Waals surface area contributed by atoms with Gasteiger partial charge in [-0.3, -0.25) is 4.79 Å². The van der Waals surface area contributed by atoms with Gasteiger partial charge in [-0.15, -0.1) is 0 Å². The van der Waals surface area contributed by atoms with Gasteiger partial charge in [0.05, 0.1) is 17.6 Å². The number of fused-ring (bicyclic) bond motifs is 2. The van der Waals surface area contributed by atoms with Gasteiger partial charge in [-0.05, 0) is 64.3 Å². The van der Waals surface area contributed by atoms with Gasteiger partial charge in [0.2, 0.25) is 0 Å². The fourth-order valence-electron chi connectivity index (χ4n) is 4.17. The molecule has 1 amide bonds. The quantitative estimate of drug-likeness (QED) is 0.431. The van der Waals surface area contributed by atoms with Gasteiger partial charge in [0.25, 0.3) is 5.91 Å². The standard InChI is InChI=1S/C25H31N5O2/c1-18-26-21-17-20(10-11-23(21)29(18)13-7-12-28(2)3)27-25(31)24-16-19-8-5-6-9-22(19)30(24)14-15-32-4/h5-6,8-11,16-17H,7,12-15H2,1-4H3,(H,27,31). The van der Waals surface area contributed by atoms with Crippen LogP contribution in [-0.4, -0.2) is 59.3 Å². The van der Waals surface area contributed by atoms with E-state index in [2.05, 4.69) is 28.9 Å². The number of carbonyl (C=O) groups is 1. The van der Waals surface area contributed by atoms with Crippen LogP contribution in [-0.2, 0) is 17.8 Å². The molecule has 0 aliphatic rings. The number of hydrogen-bond acceptors (Lipinski definition) is 4. The highest BCUT2D eigenvalue weighted by Gasteiger charge is 2.16. The molecule has 168 valence electrons. The first kappa shape index (κ1) is 22.0. The van der Waals surface area contributed by atoms with Crippen LogP contribution >= 0.6 is 0 Å². The number of hydrogen-bond donors (Lipinski definition) is 1. The number of nitrogens with one attached hydrogen (secondary N) is 1. The summed E-state index contributed by atoms with van der Waals surface area (Å²) in [6.07, 6.45) is 1.06. The summed E-state index contributed by atoms with van der Waals surface area (Å²) in [6, 6.07) is 15.9. The van der Waals surface area contributed by atoms with Gasteiger partial charge in [0, 0.05) is 36.8 Å². The molecule has 0 bridgehead atoms. The lowest BCUT2D eigenvalue weighted by atomic mass is 10.2. The summed E-state index contributed by atoms with van der Waals surface area (Å²) < 4.78 is 9.51. The minimum Gasteiger partial charge on any atom is -0.383 e. The Bertz CT molecular complexity index is 1240. The van der Waals surface area contributed by atoms with Crippen LogP contribution in [0.2, 0.25) is 0 Å². The summed E-state index contributed by atoms with van der Waals surface area (Å²) in [6.45, 7) is 5.14. The fourth-order valence-corrected chi connectivity index (χ4v) is 4.17. The molecule has 7 heteroatoms. The molecule has 0 aliphatic carbocycles. The Labute approximate surface area is 188 Å². The van der Waals surface area contributed by atoms with E-state index in [0.29, 0.717) is 18.8 Å². The number of para-hydroxylation sites is 1. The summed E-state index contributed by atoms with van der Waals surface area (Å²) in [5.74, 6) is 0.848. The number of amides is 1. The first-order chi connectivity index (χ1) is 15.5. The molecular weight excluding hydrogens is 402 g/mol. The van der Waals surface area contributed by atoms with Crippen LogP contribution in [0.1, 0.15) is 22.7 Å². The number of methoxy groups -OCH3 is 1. The minimum atomic E-state index is -0.140. The van der Waals surface area contributed by atoms with Crippen molar-refractivity contribution < 1.29 is 9.53 Å². The maximum absolute atomic E-state index is 13.2. The summed E-state index contributed by atoms with van der Waals surface area (Å²) >= 11 is 0. The maximum atomic E-state index is 13.2. The van der Waals surface area contributed by atoms with Crippen LogP contribution in [0.25, 0.3) is 21.9 Å². The van der Waals surface area contributed by atoms with Crippen LogP contribution in [0.4, 0.5) is 5.69 Å². The number of aromatic nitrogens is 3. The molecule has 2 aromatic carbocycles. The van der Waals surface area contributed by atoms with E-state index in [1.165, 1.54) is 0 Å². The molecule has 2 aromatic heterocycles. The molecule has 7 nitrogen and oxygen atoms in total. The van der Waals surface area contributed by atoms with Crippen molar-refractivity contribution >= 4 is 33.5 Å². The van der Waals surface area contributed by atoms with Crippen molar-refractivity contribution in [2.75, 3.05) is 39.7 Å². The maximum Gasteiger partial charge on any atom is 0.272 e. The average molecular weight is 434 g/mol. The summed E-state index contributed by atoms with van der Waals surface area (Å²) in [5, 5.41) is 4.10. The molecule has 2 heterocycles. The van der Waals surface area contributed by atoms with Crippen LogP contribution in [0, 0.1) is 6.92 Å². The van der Waals surface area contributed by atoms with Gasteiger partial charge >= 0.3 is 0 Å². The number of imidazole rings is 1. The molecule has 0 spiro atoms. The Hall–Kier alpha value is -3.16. The molecule has 4 aromatic rings. The summed E-state index contributed by atoms with van der Waals surface area (Å²) in [5.41, 5.74) is 4.37. The predicted octanol–water partition coefficient (Wildman–Crippen LogP) is 4.15. The van der Waals surface area contributed by atoms with Gasteiger partial charge in [-0.25, -0.2) is 4.98 Å². The zero-order chi connectivity index (χ0) is 22.7. The molecule has 0 fully saturated rings. The zero-order valence-corrected chi connectivity index (χ0v) is 19.3. The van der Waals surface area contributed by atoms with Crippen molar-refractivity contribution in [3.63, 3.8) is 0 Å². The topological polar surface area (TPSA) is 64.3 Å². The van der Waals surface area contributed by atoms with Crippen molar-refractivity contribution in [3.05, 3.63) is 60.0 Å². The third kappa shape index (κ3) is 4.54. The first-order valence-corrected chi connectivity index (χ1v) is 11.0. The molecule has 0 saturated heterocycles. The van der Waals surface area contributed by atoms with Crippen molar-refractivity contribution in [2.45, 2.75) is 26.4 Å². The number of rotatable bonds is 9. The molecule has 1 N–H and O–H groups in total. The lowest BCUT2D eigenvalue weighted by Gasteiger charge is -2.12. The van der Waals surface area contributed by atoms with Gasteiger partial charge < -0.3 is 24.1 Å². The number of carbonyl (C=O) groups excluding carboxylic acids is 1. The molecule has 0 aliphatic heterocycles. The van der Waals surface area contributed by atoms with E-state index in [-0.39, 0.29) is 5.91 Å². The summed E-state index contributed by atoms with van der Waals surface area (Å²) in [4.78, 5) is 20.1. The van der Waals surface area contributed by atoms with E-state index in [1.54, 1.807) is 7.11 Å². The highest BCUT2D eigenvalue weighted by atomic mass is 16.5. The summed E-state index contributed by atoms with van der Waals surface area (Å²) in [7, 11) is 5.84. The van der Waals surface area contributed by atoms with Gasteiger partial charge in [0.15, 0.2) is 0 Å². The molecule has 0 radical (unpaired) electrons. The Morgan fingerprint density at radius 1 is 1.06 bits per heavy atom. The Morgan fingerprint density at radius 2 is 1.88 bits per heavy atom. The van der Waals surface area contributed by atoms with E-state index in [0.717, 1.165) is 53.0 Å². The number of aryl methyl sites for hydroxylation is 2. The predicted molar refractivity (Wildman–Crippen MR) is 129 cm³/mol. The smallest absolute Gasteiger partial charge is 0.272 e. The van der Waals surface area contributed by atoms with Gasteiger partial charge in [-0.2, -0.15) is 0 Å². The molecule has 0 saturated carbocycles. The lowest BCUT2D eigenvalue weighted by Crippen LogP contribution is -2.18. The number of benzene rings is 2. The van der Waals surface area contributed by atoms with Crippen LogP contribution in [0.5, 0.6) is 0 Å². The molecule has 32 heavy (non-hydrogen) atoms. The van der Waals surface area contributed by atoms with Crippen LogP contribution in [0.3, 0.4) is 0 Å². The SMILES string of the molecule is COCCn1c(C(=O)Nc2ccc3c(c2)nc(C)n3CCCN(C)C)cc2ccccc21. The largest absolute Gasteiger partial charge is 0.383 e. The fraction of sp³-hybridized carbons (Fsp3) is 0.360. The average Bonchev–Trinajstić information content (AvgIpc) is 3.29. The number of ether oxygens (including phenoxy) is 1. The highest BCUT2D eigenvalue weighted by molar-refractivity contribution is 6.07. The monoisotopic (exact) mass is 433 g/mol. The van der Waals surface area contributed by atoms with E-state index in [9.17, 15) is 4.79 Å². The minimum absolute atomic E-state index is 0.140. The molecular formula is C25H31N5O2. The third-order valence-electron chi connectivity index (χ3n) is 5.75. The Balaban J connectivity index is 1.58. The van der Waals surface area contributed by atoms with Crippen LogP contribution < -0.4 is 5.32 Å². The highest BCUT2D eigenvalue weighted by Crippen LogP contribution is 2.24. The van der Waals surface area contributed by atoms with Gasteiger partial charge in [-0.1, -0.05) is 18.2 Å². The second kappa shape index (κ2) is 9.54. The third-order valence-corrected chi connectivity index (χ3v) is 5.75. The number of anilines is 1. The lowest BCUT2D eigenvalue weighted by molar-refractivity contribution is 0.101. The van der Waals surface area contributed by atoms with Crippen molar-refractivity contribution in [3.8, 4) is 0 Å². The Morgan fingerprint density at radius 3 is 2.66 bits per heavy atom. The van der Waals surface area contributed by atoms with E-state index in [1.807, 2.05) is 60.0 Å². The van der Waals surface area contributed by atoms with Crippen molar-refractivity contribution in [1.82, 2.24) is 19.0 Å². The van der Waals surface area contributed by atoms with Gasteiger partial charge in [0.1, 0.15) is 11.5 Å². The van der Waals surface area contributed by atoms with E-state index < -0.39 is 0 Å². The number of nitrogens with zero attached hydrogens (tertiary/aromatic N) is 4. The molecule has 4 rings (SSSR count). The van der Waals surface area contributed by atoms with Crippen molar-refractivity contribution in [2.24, 2.45) is 0 Å². The Kier molecular flexibility index (Phi) is 6.58. The molecule has 0 atom stereocenters.